The van der Waals surface area contributed by atoms with Crippen molar-refractivity contribution < 1.29 is 14.2 Å². The normalized spacial score (nSPS) is 9.42. The SMILES string of the molecule is Nc1ccc(C(=O)O)c(OCl)c1. The molecule has 0 amide bonds. The van der Waals surface area contributed by atoms with Crippen LogP contribution in [-0.4, -0.2) is 11.1 Å². The van der Waals surface area contributed by atoms with Crippen molar-refractivity contribution in [1.82, 2.24) is 0 Å². The van der Waals surface area contributed by atoms with E-state index in [4.69, 9.17) is 22.7 Å². The maximum Gasteiger partial charge on any atom is 0.339 e. The van der Waals surface area contributed by atoms with E-state index in [1.54, 1.807) is 0 Å². The molecule has 4 nitrogen and oxygen atoms in total. The highest BCUT2D eigenvalue weighted by Gasteiger charge is 2.10. The second-order valence-electron chi connectivity index (χ2n) is 2.14. The van der Waals surface area contributed by atoms with Crippen molar-refractivity contribution in [1.29, 1.82) is 0 Å². The smallest absolute Gasteiger partial charge is 0.339 e. The van der Waals surface area contributed by atoms with Crippen LogP contribution < -0.4 is 10.0 Å². The van der Waals surface area contributed by atoms with E-state index in [2.05, 4.69) is 4.29 Å². The highest BCUT2D eigenvalue weighted by Crippen LogP contribution is 2.22. The third-order valence-corrected chi connectivity index (χ3v) is 1.49. The van der Waals surface area contributed by atoms with Gasteiger partial charge in [-0.1, -0.05) is 0 Å². The van der Waals surface area contributed by atoms with Crippen LogP contribution in [0.3, 0.4) is 0 Å². The fourth-order valence-corrected chi connectivity index (χ4v) is 0.907. The second kappa shape index (κ2) is 3.32. The lowest BCUT2D eigenvalue weighted by molar-refractivity contribution is 0.0695. The van der Waals surface area contributed by atoms with Gasteiger partial charge >= 0.3 is 5.97 Å². The molecule has 64 valence electrons. The minimum absolute atomic E-state index is 0.0146. The van der Waals surface area contributed by atoms with Crippen molar-refractivity contribution in [3.8, 4) is 5.75 Å². The summed E-state index contributed by atoms with van der Waals surface area (Å²) in [6, 6.07) is 4.13. The summed E-state index contributed by atoms with van der Waals surface area (Å²) in [7, 11) is 0. The number of nitrogens with two attached hydrogens (primary N) is 1. The van der Waals surface area contributed by atoms with Crippen LogP contribution in [0.15, 0.2) is 18.2 Å². The van der Waals surface area contributed by atoms with Crippen LogP contribution in [0.4, 0.5) is 5.69 Å². The Bertz CT molecular complexity index is 314. The van der Waals surface area contributed by atoms with Crippen LogP contribution >= 0.6 is 11.9 Å². The Labute approximate surface area is 73.7 Å². The summed E-state index contributed by atoms with van der Waals surface area (Å²) < 4.78 is 4.30. The molecule has 1 rings (SSSR count). The van der Waals surface area contributed by atoms with Crippen molar-refractivity contribution in [2.45, 2.75) is 0 Å². The van der Waals surface area contributed by atoms with Crippen LogP contribution in [-0.2, 0) is 0 Å². The fourth-order valence-electron chi connectivity index (χ4n) is 0.779. The van der Waals surface area contributed by atoms with Gasteiger partial charge in [0.15, 0.2) is 5.75 Å². The lowest BCUT2D eigenvalue weighted by Gasteiger charge is -2.01. The van der Waals surface area contributed by atoms with Crippen molar-refractivity contribution in [2.24, 2.45) is 0 Å². The van der Waals surface area contributed by atoms with E-state index < -0.39 is 5.97 Å². The number of hydrogen-bond donors (Lipinski definition) is 2. The number of aromatic carboxylic acids is 1. The zero-order valence-electron chi connectivity index (χ0n) is 5.95. The summed E-state index contributed by atoms with van der Waals surface area (Å²) in [4.78, 5) is 10.5. The molecule has 0 fully saturated rings. The maximum atomic E-state index is 10.5. The van der Waals surface area contributed by atoms with Gasteiger partial charge in [-0.2, -0.15) is 0 Å². The molecule has 3 N–H and O–H groups in total. The van der Waals surface area contributed by atoms with Gasteiger partial charge in [0.2, 0.25) is 0 Å². The number of carboxylic acids is 1. The Morgan fingerprint density at radius 2 is 2.25 bits per heavy atom. The summed E-state index contributed by atoms with van der Waals surface area (Å²) in [6.07, 6.45) is 0. The Morgan fingerprint density at radius 3 is 2.75 bits per heavy atom. The van der Waals surface area contributed by atoms with Gasteiger partial charge in [-0.25, -0.2) is 4.79 Å². The summed E-state index contributed by atoms with van der Waals surface area (Å²) in [6.45, 7) is 0. The first-order valence-corrected chi connectivity index (χ1v) is 3.37. The molecule has 12 heavy (non-hydrogen) atoms. The summed E-state index contributed by atoms with van der Waals surface area (Å²) >= 11 is 5.03. The van der Waals surface area contributed by atoms with Gasteiger partial charge in [0, 0.05) is 11.8 Å². The largest absolute Gasteiger partial charge is 0.478 e. The standard InChI is InChI=1S/C7H6ClNO3/c8-12-6-3-4(9)1-2-5(6)7(10)11/h1-3H,9H2,(H,10,11). The van der Waals surface area contributed by atoms with Crippen molar-refractivity contribution >= 4 is 23.5 Å². The molecular formula is C7H6ClNO3. The Kier molecular flexibility index (Phi) is 2.40. The molecule has 0 saturated carbocycles. The number of nitrogen functional groups attached to an aromatic ring is 1. The van der Waals surface area contributed by atoms with E-state index in [0.29, 0.717) is 5.69 Å². The highest BCUT2D eigenvalue weighted by atomic mass is 35.5. The molecular weight excluding hydrogens is 182 g/mol. The molecule has 0 aliphatic carbocycles. The predicted molar refractivity (Wildman–Crippen MR) is 44.3 cm³/mol. The highest BCUT2D eigenvalue weighted by molar-refractivity contribution is 6.10. The number of anilines is 1. The van der Waals surface area contributed by atoms with Crippen molar-refractivity contribution in [3.05, 3.63) is 23.8 Å². The van der Waals surface area contributed by atoms with E-state index in [0.717, 1.165) is 0 Å². The molecule has 5 heteroatoms. The fraction of sp³-hybridized carbons (Fsp3) is 0. The first-order chi connectivity index (χ1) is 5.65. The zero-order chi connectivity index (χ0) is 9.14. The second-order valence-corrected chi connectivity index (χ2v) is 2.29. The van der Waals surface area contributed by atoms with E-state index >= 15 is 0 Å². The first-order valence-electron chi connectivity index (χ1n) is 3.06. The van der Waals surface area contributed by atoms with Crippen LogP contribution in [0.2, 0.25) is 0 Å². The van der Waals surface area contributed by atoms with Gasteiger partial charge in [-0.05, 0) is 12.1 Å². The molecule has 0 atom stereocenters. The Balaban J connectivity index is 3.20. The minimum atomic E-state index is -1.11. The number of hydrogen-bond acceptors (Lipinski definition) is 3. The number of carboxylic acid groups (broad SMARTS) is 1. The van der Waals surface area contributed by atoms with Gasteiger partial charge < -0.3 is 15.1 Å². The maximum absolute atomic E-state index is 10.5. The number of halogens is 1. The summed E-state index contributed by atoms with van der Waals surface area (Å²) in [5.74, 6) is -1.06. The quantitative estimate of drug-likeness (QED) is 0.689. The van der Waals surface area contributed by atoms with Crippen molar-refractivity contribution in [2.75, 3.05) is 5.73 Å². The minimum Gasteiger partial charge on any atom is -0.478 e. The number of carbonyl (C=O) groups is 1. The zero-order valence-corrected chi connectivity index (χ0v) is 6.71. The predicted octanol–water partition coefficient (Wildman–Crippen LogP) is 1.50. The lowest BCUT2D eigenvalue weighted by atomic mass is 10.2. The lowest BCUT2D eigenvalue weighted by Crippen LogP contribution is -1.99. The van der Waals surface area contributed by atoms with Crippen LogP contribution in [0.1, 0.15) is 10.4 Å². The molecule has 0 aliphatic heterocycles. The monoisotopic (exact) mass is 187 g/mol. The van der Waals surface area contributed by atoms with E-state index in [1.165, 1.54) is 18.2 Å². The average molecular weight is 188 g/mol. The summed E-state index contributed by atoms with van der Waals surface area (Å²) in [5, 5.41) is 8.61. The van der Waals surface area contributed by atoms with E-state index in [-0.39, 0.29) is 11.3 Å². The van der Waals surface area contributed by atoms with Gasteiger partial charge in [-0.3, -0.25) is 0 Å². The summed E-state index contributed by atoms with van der Waals surface area (Å²) in [5.41, 5.74) is 5.76. The molecule has 0 unspecified atom stereocenters. The number of benzene rings is 1. The van der Waals surface area contributed by atoms with Crippen LogP contribution in [0.25, 0.3) is 0 Å². The molecule has 0 saturated heterocycles. The Morgan fingerprint density at radius 1 is 1.58 bits per heavy atom. The first kappa shape index (κ1) is 8.67. The molecule has 1 aromatic carbocycles. The molecule has 0 heterocycles. The third-order valence-electron chi connectivity index (χ3n) is 1.32. The molecule has 1 aromatic rings. The van der Waals surface area contributed by atoms with Gasteiger partial charge in [0.05, 0.1) is 0 Å². The Hall–Kier alpha value is -1.42. The van der Waals surface area contributed by atoms with Crippen molar-refractivity contribution in [3.63, 3.8) is 0 Å². The van der Waals surface area contributed by atoms with E-state index in [1.807, 2.05) is 0 Å². The molecule has 0 aliphatic rings. The average Bonchev–Trinajstić information content (AvgIpc) is 2.03. The van der Waals surface area contributed by atoms with Gasteiger partial charge in [0.1, 0.15) is 17.4 Å². The number of rotatable bonds is 2. The van der Waals surface area contributed by atoms with Gasteiger partial charge in [0.25, 0.3) is 0 Å². The molecule has 0 bridgehead atoms. The third kappa shape index (κ3) is 1.60. The van der Waals surface area contributed by atoms with E-state index in [9.17, 15) is 4.79 Å². The molecule has 0 radical (unpaired) electrons. The molecule has 0 spiro atoms. The van der Waals surface area contributed by atoms with Gasteiger partial charge in [-0.15, -0.1) is 0 Å². The topological polar surface area (TPSA) is 72.6 Å². The van der Waals surface area contributed by atoms with Crippen LogP contribution in [0.5, 0.6) is 5.75 Å². The van der Waals surface area contributed by atoms with Crippen LogP contribution in [0, 0.1) is 0 Å². The molecule has 0 aromatic heterocycles.